The molecule has 0 aromatic carbocycles. The van der Waals surface area contributed by atoms with Crippen LogP contribution in [0.25, 0.3) is 0 Å². The lowest BCUT2D eigenvalue weighted by Gasteiger charge is -2.03. The zero-order valence-electron chi connectivity index (χ0n) is 7.19. The largest absolute Gasteiger partial charge is 0.433 e. The second-order valence-electron chi connectivity index (χ2n) is 1.84. The van der Waals surface area contributed by atoms with Crippen LogP contribution in [0.3, 0.4) is 0 Å². The molecule has 0 aliphatic rings. The fraction of sp³-hybridized carbons (Fsp3) is 0.375. The lowest BCUT2D eigenvalue weighted by Crippen LogP contribution is -2.08. The van der Waals surface area contributed by atoms with Crippen molar-refractivity contribution in [1.29, 1.82) is 0 Å². The van der Waals surface area contributed by atoms with Gasteiger partial charge in [-0.05, 0) is 12.1 Å². The first-order valence-electron chi connectivity index (χ1n) is 3.70. The number of hydrogen-bond donors (Lipinski definition) is 0. The van der Waals surface area contributed by atoms with Crippen molar-refractivity contribution in [2.24, 2.45) is 0 Å². The van der Waals surface area contributed by atoms with Gasteiger partial charge in [0, 0.05) is 0 Å². The van der Waals surface area contributed by atoms with E-state index in [1.807, 2.05) is 13.8 Å². The minimum Gasteiger partial charge on any atom is -0.215 e. The molecule has 13 heavy (non-hydrogen) atoms. The molecule has 1 aromatic heterocycles. The van der Waals surface area contributed by atoms with Crippen molar-refractivity contribution in [2.75, 3.05) is 0 Å². The van der Waals surface area contributed by atoms with Crippen LogP contribution in [0, 0.1) is 5.95 Å². The Kier molecular flexibility index (Phi) is 4.37. The van der Waals surface area contributed by atoms with Gasteiger partial charge in [0.1, 0.15) is 5.69 Å². The van der Waals surface area contributed by atoms with Crippen molar-refractivity contribution >= 4 is 0 Å². The number of rotatable bonds is 0. The molecular weight excluding hydrogens is 186 g/mol. The fourth-order valence-corrected chi connectivity index (χ4v) is 0.566. The summed E-state index contributed by atoms with van der Waals surface area (Å²) >= 11 is 0. The van der Waals surface area contributed by atoms with Gasteiger partial charge in [-0.15, -0.1) is 0 Å². The molecular formula is C8H9F4N. The van der Waals surface area contributed by atoms with E-state index in [0.717, 1.165) is 12.1 Å². The summed E-state index contributed by atoms with van der Waals surface area (Å²) in [4.78, 5) is 2.65. The third-order valence-corrected chi connectivity index (χ3v) is 1.01. The van der Waals surface area contributed by atoms with Gasteiger partial charge in [0.2, 0.25) is 5.95 Å². The van der Waals surface area contributed by atoms with Gasteiger partial charge in [-0.25, -0.2) is 4.98 Å². The Balaban J connectivity index is 0.000000671. The van der Waals surface area contributed by atoms with Gasteiger partial charge < -0.3 is 0 Å². The second-order valence-corrected chi connectivity index (χ2v) is 1.84. The van der Waals surface area contributed by atoms with E-state index < -0.39 is 17.8 Å². The van der Waals surface area contributed by atoms with E-state index in [9.17, 15) is 17.6 Å². The average molecular weight is 195 g/mol. The minimum atomic E-state index is -4.57. The van der Waals surface area contributed by atoms with E-state index >= 15 is 0 Å². The summed E-state index contributed by atoms with van der Waals surface area (Å²) in [6.45, 7) is 4.00. The number of aromatic nitrogens is 1. The zero-order chi connectivity index (χ0) is 10.5. The first-order valence-corrected chi connectivity index (χ1v) is 3.70. The maximum absolute atomic E-state index is 12.1. The molecule has 1 rings (SSSR count). The van der Waals surface area contributed by atoms with Gasteiger partial charge in [0.15, 0.2) is 0 Å². The van der Waals surface area contributed by atoms with Crippen molar-refractivity contribution in [1.82, 2.24) is 4.98 Å². The molecule has 0 atom stereocenters. The van der Waals surface area contributed by atoms with Crippen LogP contribution in [0.4, 0.5) is 17.6 Å². The van der Waals surface area contributed by atoms with E-state index in [1.54, 1.807) is 0 Å². The molecule has 0 amide bonds. The van der Waals surface area contributed by atoms with E-state index in [-0.39, 0.29) is 0 Å². The van der Waals surface area contributed by atoms with Crippen molar-refractivity contribution in [2.45, 2.75) is 20.0 Å². The van der Waals surface area contributed by atoms with Crippen LogP contribution < -0.4 is 0 Å². The molecule has 5 heteroatoms. The molecule has 0 bridgehead atoms. The maximum atomic E-state index is 12.1. The molecule has 0 unspecified atom stereocenters. The van der Waals surface area contributed by atoms with E-state index in [2.05, 4.69) is 4.98 Å². The van der Waals surface area contributed by atoms with Crippen LogP contribution in [-0.2, 0) is 6.18 Å². The summed E-state index contributed by atoms with van der Waals surface area (Å²) in [6, 6.07) is 2.53. The fourth-order valence-electron chi connectivity index (χ4n) is 0.566. The summed E-state index contributed by atoms with van der Waals surface area (Å²) in [7, 11) is 0. The van der Waals surface area contributed by atoms with Crippen LogP contribution in [0.5, 0.6) is 0 Å². The number of alkyl halides is 3. The maximum Gasteiger partial charge on any atom is 0.433 e. The zero-order valence-corrected chi connectivity index (χ0v) is 7.19. The number of hydrogen-bond acceptors (Lipinski definition) is 1. The molecule has 0 aliphatic heterocycles. The van der Waals surface area contributed by atoms with Gasteiger partial charge in [-0.3, -0.25) is 0 Å². The molecule has 1 heterocycles. The third-order valence-electron chi connectivity index (χ3n) is 1.01. The Morgan fingerprint density at radius 3 is 2.00 bits per heavy atom. The molecule has 0 saturated carbocycles. The Bertz CT molecular complexity index is 257. The molecule has 74 valence electrons. The first-order chi connectivity index (χ1) is 6.00. The normalized spacial score (nSPS) is 10.3. The molecule has 1 nitrogen and oxygen atoms in total. The molecule has 0 radical (unpaired) electrons. The Morgan fingerprint density at radius 2 is 1.69 bits per heavy atom. The quantitative estimate of drug-likeness (QED) is 0.457. The third kappa shape index (κ3) is 3.87. The predicted octanol–water partition coefficient (Wildman–Crippen LogP) is 3.27. The highest BCUT2D eigenvalue weighted by atomic mass is 19.4. The predicted molar refractivity (Wildman–Crippen MR) is 40.5 cm³/mol. The summed E-state index contributed by atoms with van der Waals surface area (Å²) in [5, 5.41) is 0. The summed E-state index contributed by atoms with van der Waals surface area (Å²) < 4.78 is 47.3. The van der Waals surface area contributed by atoms with Crippen molar-refractivity contribution in [3.8, 4) is 0 Å². The molecule has 0 fully saturated rings. The van der Waals surface area contributed by atoms with Gasteiger partial charge in [-0.1, -0.05) is 19.9 Å². The second kappa shape index (κ2) is 4.79. The summed E-state index contributed by atoms with van der Waals surface area (Å²) in [5.74, 6) is -1.13. The summed E-state index contributed by atoms with van der Waals surface area (Å²) in [6.07, 6.45) is -4.57. The Labute approximate surface area is 73.4 Å². The highest BCUT2D eigenvalue weighted by Gasteiger charge is 2.32. The molecule has 0 spiro atoms. The molecule has 0 saturated heterocycles. The lowest BCUT2D eigenvalue weighted by atomic mass is 10.3. The lowest BCUT2D eigenvalue weighted by molar-refractivity contribution is -0.141. The first kappa shape index (κ1) is 11.9. The van der Waals surface area contributed by atoms with Crippen LogP contribution in [0.1, 0.15) is 19.5 Å². The van der Waals surface area contributed by atoms with Gasteiger partial charge in [-0.2, -0.15) is 17.6 Å². The van der Waals surface area contributed by atoms with Crippen molar-refractivity contribution in [3.63, 3.8) is 0 Å². The standard InChI is InChI=1S/C6H3F4N.C2H6/c7-5-3-1-2-4(11-5)6(8,9)10;1-2/h1-3H;1-2H3. The van der Waals surface area contributed by atoms with E-state index in [0.29, 0.717) is 6.07 Å². The van der Waals surface area contributed by atoms with E-state index in [1.165, 1.54) is 0 Å². The minimum absolute atomic E-state index is 0.711. The highest BCUT2D eigenvalue weighted by molar-refractivity contribution is 5.07. The Hall–Kier alpha value is -1.13. The number of pyridine rings is 1. The van der Waals surface area contributed by atoms with E-state index in [4.69, 9.17) is 0 Å². The van der Waals surface area contributed by atoms with Gasteiger partial charge >= 0.3 is 6.18 Å². The number of nitrogens with zero attached hydrogens (tertiary/aromatic N) is 1. The molecule has 0 N–H and O–H groups in total. The Morgan fingerprint density at radius 1 is 1.15 bits per heavy atom. The SMILES string of the molecule is CC.Fc1cccc(C(F)(F)F)n1. The van der Waals surface area contributed by atoms with Crippen LogP contribution in [0.2, 0.25) is 0 Å². The summed E-state index contributed by atoms with van der Waals surface area (Å²) in [5.41, 5.74) is -1.21. The van der Waals surface area contributed by atoms with Crippen LogP contribution >= 0.6 is 0 Å². The van der Waals surface area contributed by atoms with Crippen molar-refractivity contribution in [3.05, 3.63) is 29.8 Å². The topological polar surface area (TPSA) is 12.9 Å². The smallest absolute Gasteiger partial charge is 0.215 e. The van der Waals surface area contributed by atoms with Crippen molar-refractivity contribution < 1.29 is 17.6 Å². The highest BCUT2D eigenvalue weighted by Crippen LogP contribution is 2.26. The van der Waals surface area contributed by atoms with Crippen LogP contribution in [-0.4, -0.2) is 4.98 Å². The molecule has 0 aliphatic carbocycles. The van der Waals surface area contributed by atoms with Gasteiger partial charge in [0.05, 0.1) is 0 Å². The van der Waals surface area contributed by atoms with Gasteiger partial charge in [0.25, 0.3) is 0 Å². The molecule has 1 aromatic rings. The van der Waals surface area contributed by atoms with Crippen LogP contribution in [0.15, 0.2) is 18.2 Å². The number of halogens is 4. The average Bonchev–Trinajstić information content (AvgIpc) is 2.06. The monoisotopic (exact) mass is 195 g/mol.